The summed E-state index contributed by atoms with van der Waals surface area (Å²) in [7, 11) is 0. The summed E-state index contributed by atoms with van der Waals surface area (Å²) in [6, 6.07) is 9.64. The summed E-state index contributed by atoms with van der Waals surface area (Å²) >= 11 is 6.54. The van der Waals surface area contributed by atoms with Crippen molar-refractivity contribution in [1.29, 1.82) is 0 Å². The number of carbonyl (C=O) groups is 1. The number of hydrogen-bond acceptors (Lipinski definition) is 5. The van der Waals surface area contributed by atoms with Crippen LogP contribution in [0.5, 0.6) is 5.88 Å². The van der Waals surface area contributed by atoms with Crippen molar-refractivity contribution in [3.63, 3.8) is 0 Å². The minimum Gasteiger partial charge on any atom is -0.493 e. The Balaban J connectivity index is 1.57. The monoisotopic (exact) mass is 457 g/mol. The van der Waals surface area contributed by atoms with Crippen LogP contribution in [-0.4, -0.2) is 21.8 Å². The molecule has 9 heteroatoms. The Labute approximate surface area is 186 Å². The fourth-order valence-corrected chi connectivity index (χ4v) is 4.30. The molecule has 1 amide bonds. The quantitative estimate of drug-likeness (QED) is 0.573. The van der Waals surface area contributed by atoms with Crippen molar-refractivity contribution in [2.75, 3.05) is 5.32 Å². The molecule has 158 valence electrons. The van der Waals surface area contributed by atoms with Crippen LogP contribution in [0.25, 0.3) is 11.6 Å². The van der Waals surface area contributed by atoms with Gasteiger partial charge in [-0.2, -0.15) is 0 Å². The first-order valence-corrected chi connectivity index (χ1v) is 10.6. The van der Waals surface area contributed by atoms with Crippen LogP contribution in [0.3, 0.4) is 0 Å². The van der Waals surface area contributed by atoms with E-state index in [0.717, 1.165) is 50.8 Å². The van der Waals surface area contributed by atoms with Crippen LogP contribution >= 0.6 is 22.9 Å². The van der Waals surface area contributed by atoms with Crippen molar-refractivity contribution in [1.82, 2.24) is 4.57 Å². The zero-order valence-corrected chi connectivity index (χ0v) is 17.9. The Hall–Kier alpha value is -3.23. The summed E-state index contributed by atoms with van der Waals surface area (Å²) in [4.78, 5) is 29.0. The number of amides is 1. The maximum absolute atomic E-state index is 13.3. The molecular weight excluding hydrogens is 441 g/mol. The second kappa shape index (κ2) is 8.49. The molecule has 2 heterocycles. The number of aromatic hydroxyl groups is 1. The number of aromatic nitrogens is 1. The van der Waals surface area contributed by atoms with E-state index in [2.05, 4.69) is 17.2 Å². The van der Waals surface area contributed by atoms with Gasteiger partial charge in [0.2, 0.25) is 11.8 Å². The Bertz CT molecular complexity index is 1310. The van der Waals surface area contributed by atoms with Gasteiger partial charge in [0, 0.05) is 23.0 Å². The average Bonchev–Trinajstić information content (AvgIpc) is 3.27. The molecular formula is C22H17ClFN3O3S. The molecule has 1 aromatic heterocycles. The number of fused-ring (bicyclic) bond motifs is 1. The minimum absolute atomic E-state index is 0.132. The van der Waals surface area contributed by atoms with E-state index in [-0.39, 0.29) is 16.6 Å². The molecule has 6 nitrogen and oxygen atoms in total. The Kier molecular flexibility index (Phi) is 5.75. The molecule has 1 aliphatic heterocycles. The number of nitrogens with one attached hydrogen (secondary N) is 1. The molecule has 0 saturated heterocycles. The van der Waals surface area contributed by atoms with Crippen LogP contribution in [0, 0.1) is 5.82 Å². The normalized spacial score (nSPS) is 13.6. The van der Waals surface area contributed by atoms with Gasteiger partial charge in [0.25, 0.3) is 0 Å². The molecule has 0 radical (unpaired) electrons. The van der Waals surface area contributed by atoms with Crippen LogP contribution in [0.2, 0.25) is 5.02 Å². The van der Waals surface area contributed by atoms with Gasteiger partial charge in [0.15, 0.2) is 0 Å². The van der Waals surface area contributed by atoms with Gasteiger partial charge >= 0.3 is 4.87 Å². The van der Waals surface area contributed by atoms with Gasteiger partial charge in [-0.05, 0) is 36.3 Å². The predicted octanol–water partition coefficient (Wildman–Crippen LogP) is 4.87. The van der Waals surface area contributed by atoms with Crippen LogP contribution < -0.4 is 10.2 Å². The zero-order valence-electron chi connectivity index (χ0n) is 16.4. The first kappa shape index (κ1) is 21.0. The van der Waals surface area contributed by atoms with Crippen molar-refractivity contribution < 1.29 is 14.3 Å². The number of benzene rings is 2. The number of aryl methyl sites for hydroxylation is 1. The second-order valence-electron chi connectivity index (χ2n) is 6.84. The van der Waals surface area contributed by atoms with Gasteiger partial charge in [-0.15, -0.1) is 0 Å². The summed E-state index contributed by atoms with van der Waals surface area (Å²) in [5, 5.41) is 12.9. The van der Waals surface area contributed by atoms with E-state index in [1.807, 2.05) is 18.2 Å². The van der Waals surface area contributed by atoms with Gasteiger partial charge in [-0.1, -0.05) is 48.1 Å². The maximum atomic E-state index is 13.3. The second-order valence-corrected chi connectivity index (χ2v) is 8.24. The zero-order chi connectivity index (χ0) is 22.1. The lowest BCUT2D eigenvalue weighted by Gasteiger charge is -2.07. The maximum Gasteiger partial charge on any atom is 0.311 e. The van der Waals surface area contributed by atoms with Crippen molar-refractivity contribution in [2.24, 2.45) is 4.99 Å². The molecule has 0 aliphatic carbocycles. The summed E-state index contributed by atoms with van der Waals surface area (Å²) in [6.07, 6.45) is 4.23. The third kappa shape index (κ3) is 4.17. The van der Waals surface area contributed by atoms with E-state index in [1.165, 1.54) is 12.1 Å². The summed E-state index contributed by atoms with van der Waals surface area (Å²) in [5.41, 5.74) is 3.99. The highest BCUT2D eigenvalue weighted by atomic mass is 35.5. The number of hydrogen-bond donors (Lipinski definition) is 2. The molecule has 0 bridgehead atoms. The van der Waals surface area contributed by atoms with Crippen LogP contribution in [0.1, 0.15) is 22.9 Å². The molecule has 2 N–H and O–H groups in total. The third-order valence-corrected chi connectivity index (χ3v) is 6.03. The number of halogens is 2. The third-order valence-electron chi connectivity index (χ3n) is 4.83. The fourth-order valence-electron chi connectivity index (χ4n) is 3.29. The predicted molar refractivity (Wildman–Crippen MR) is 122 cm³/mol. The van der Waals surface area contributed by atoms with E-state index in [4.69, 9.17) is 11.6 Å². The molecule has 4 rings (SSSR count). The molecule has 3 aromatic rings. The first-order chi connectivity index (χ1) is 14.9. The Morgan fingerprint density at radius 3 is 2.90 bits per heavy atom. The van der Waals surface area contributed by atoms with Gasteiger partial charge in [-0.25, -0.2) is 4.39 Å². The fraction of sp³-hybridized carbons (Fsp3) is 0.136. The molecule has 0 unspecified atom stereocenters. The van der Waals surface area contributed by atoms with E-state index in [1.54, 1.807) is 12.3 Å². The van der Waals surface area contributed by atoms with E-state index in [0.29, 0.717) is 4.88 Å². The molecule has 0 spiro atoms. The Morgan fingerprint density at radius 2 is 2.16 bits per heavy atom. The van der Waals surface area contributed by atoms with Crippen LogP contribution in [-0.2, 0) is 17.8 Å². The number of thiazole rings is 1. The first-order valence-electron chi connectivity index (χ1n) is 9.43. The highest BCUT2D eigenvalue weighted by Crippen LogP contribution is 2.37. The molecule has 2 aromatic carbocycles. The molecule has 0 saturated carbocycles. The number of carbonyl (C=O) groups excluding carboxylic acids is 1. The smallest absolute Gasteiger partial charge is 0.311 e. The summed E-state index contributed by atoms with van der Waals surface area (Å²) in [6.45, 7) is 1.65. The highest BCUT2D eigenvalue weighted by Gasteiger charge is 2.19. The summed E-state index contributed by atoms with van der Waals surface area (Å²) < 4.78 is 14.2. The van der Waals surface area contributed by atoms with Crippen molar-refractivity contribution in [3.8, 4) is 5.88 Å². The van der Waals surface area contributed by atoms with Gasteiger partial charge < -0.3 is 10.4 Å². The van der Waals surface area contributed by atoms with Crippen molar-refractivity contribution >= 4 is 58.1 Å². The highest BCUT2D eigenvalue weighted by molar-refractivity contribution is 7.10. The number of para-hydroxylation sites is 1. The topological polar surface area (TPSA) is 83.7 Å². The van der Waals surface area contributed by atoms with Gasteiger partial charge in [0.05, 0.1) is 15.6 Å². The number of allylic oxidation sites excluding steroid dienone is 1. The number of aliphatic imine (C=N–C) groups is 1. The largest absolute Gasteiger partial charge is 0.493 e. The van der Waals surface area contributed by atoms with Crippen molar-refractivity contribution in [3.05, 3.63) is 72.9 Å². The molecule has 1 aliphatic rings. The molecule has 31 heavy (non-hydrogen) atoms. The van der Waals surface area contributed by atoms with E-state index >= 15 is 0 Å². The Morgan fingerprint density at radius 1 is 1.35 bits per heavy atom. The standard InChI is InChI=1S/C22H17ClFN3O3S/c1-2-12-4-3-5-15-13(10-25-20(12)15)8-18-21(29)27(22(30)31-18)11-19(28)26-14-6-7-17(24)16(23)9-14/h3-10,29H,2,11H2,1H3,(H,26,28). The lowest BCUT2D eigenvalue weighted by Crippen LogP contribution is -2.24. The SMILES string of the molecule is CCc1cccc2c1N=CC2=Cc1sc(=O)n(CC(=O)Nc2ccc(F)c(Cl)c2)c1O. The number of nitrogens with zero attached hydrogens (tertiary/aromatic N) is 2. The lowest BCUT2D eigenvalue weighted by atomic mass is 10.0. The van der Waals surface area contributed by atoms with Crippen LogP contribution in [0.15, 0.2) is 46.2 Å². The molecule has 0 fully saturated rings. The van der Waals surface area contributed by atoms with Gasteiger partial charge in [-0.3, -0.25) is 19.1 Å². The van der Waals surface area contributed by atoms with Gasteiger partial charge in [0.1, 0.15) is 12.4 Å². The van der Waals surface area contributed by atoms with Crippen LogP contribution in [0.4, 0.5) is 15.8 Å². The molecule has 0 atom stereocenters. The summed E-state index contributed by atoms with van der Waals surface area (Å²) in [5.74, 6) is -1.46. The average molecular weight is 458 g/mol. The number of anilines is 1. The minimum atomic E-state index is -0.605. The van der Waals surface area contributed by atoms with E-state index in [9.17, 15) is 19.1 Å². The number of rotatable bonds is 5. The lowest BCUT2D eigenvalue weighted by molar-refractivity contribution is -0.116. The van der Waals surface area contributed by atoms with E-state index < -0.39 is 23.1 Å². The van der Waals surface area contributed by atoms with Crippen molar-refractivity contribution in [2.45, 2.75) is 19.9 Å².